The normalized spacial score (nSPS) is 15.1. The van der Waals surface area contributed by atoms with Crippen LogP contribution in [0.25, 0.3) is 0 Å². The molecule has 1 aromatic carbocycles. The number of carbonyl (C=O) groups is 1. The second kappa shape index (κ2) is 5.93. The molecule has 1 amide bonds. The summed E-state index contributed by atoms with van der Waals surface area (Å²) in [6, 6.07) is 4.62. The van der Waals surface area contributed by atoms with E-state index in [0.717, 1.165) is 18.4 Å². The van der Waals surface area contributed by atoms with Crippen molar-refractivity contribution in [3.8, 4) is 0 Å². The molecule has 0 aliphatic heterocycles. The third-order valence-corrected chi connectivity index (χ3v) is 4.89. The third kappa shape index (κ3) is 3.58. The highest BCUT2D eigenvalue weighted by molar-refractivity contribution is 7.89. The van der Waals surface area contributed by atoms with Crippen LogP contribution < -0.4 is 10.0 Å². The first-order valence-corrected chi connectivity index (χ1v) is 8.31. The van der Waals surface area contributed by atoms with Gasteiger partial charge in [0.05, 0.1) is 4.90 Å². The van der Waals surface area contributed by atoms with Crippen molar-refractivity contribution in [2.75, 3.05) is 13.1 Å². The van der Waals surface area contributed by atoms with Gasteiger partial charge in [-0.1, -0.05) is 13.0 Å². The van der Waals surface area contributed by atoms with Crippen LogP contribution in [0.5, 0.6) is 0 Å². The molecule has 2 rings (SSSR count). The van der Waals surface area contributed by atoms with Gasteiger partial charge in [-0.3, -0.25) is 4.79 Å². The second-order valence-electron chi connectivity index (χ2n) is 5.13. The molecule has 6 heteroatoms. The Hall–Kier alpha value is -1.40. The molecule has 2 N–H and O–H groups in total. The Balaban J connectivity index is 2.21. The molecule has 20 heavy (non-hydrogen) atoms. The molecule has 0 spiro atoms. The molecule has 0 atom stereocenters. The van der Waals surface area contributed by atoms with E-state index in [-0.39, 0.29) is 10.8 Å². The summed E-state index contributed by atoms with van der Waals surface area (Å²) in [7, 11) is -3.53. The minimum absolute atomic E-state index is 0.126. The van der Waals surface area contributed by atoms with Crippen LogP contribution in [0.1, 0.15) is 35.7 Å². The van der Waals surface area contributed by atoms with E-state index in [2.05, 4.69) is 10.0 Å². The van der Waals surface area contributed by atoms with Crippen LogP contribution in [0, 0.1) is 12.8 Å². The Morgan fingerprint density at radius 3 is 2.65 bits per heavy atom. The number of hydrogen-bond acceptors (Lipinski definition) is 3. The van der Waals surface area contributed by atoms with Crippen LogP contribution in [0.3, 0.4) is 0 Å². The monoisotopic (exact) mass is 296 g/mol. The number of sulfonamides is 1. The summed E-state index contributed by atoms with van der Waals surface area (Å²) in [5.41, 5.74) is 1.19. The molecule has 1 aliphatic carbocycles. The quantitative estimate of drug-likeness (QED) is 0.834. The van der Waals surface area contributed by atoms with Crippen LogP contribution in [0.4, 0.5) is 0 Å². The number of aryl methyl sites for hydroxylation is 1. The van der Waals surface area contributed by atoms with Gasteiger partial charge < -0.3 is 5.32 Å². The van der Waals surface area contributed by atoms with Crippen LogP contribution in [0.2, 0.25) is 0 Å². The highest BCUT2D eigenvalue weighted by Crippen LogP contribution is 2.27. The Morgan fingerprint density at radius 2 is 2.05 bits per heavy atom. The first-order valence-electron chi connectivity index (χ1n) is 6.82. The van der Waals surface area contributed by atoms with E-state index in [0.29, 0.717) is 24.6 Å². The first kappa shape index (κ1) is 15.0. The van der Waals surface area contributed by atoms with Gasteiger partial charge in [0, 0.05) is 18.7 Å². The summed E-state index contributed by atoms with van der Waals surface area (Å²) in [6.07, 6.45) is 2.32. The molecule has 0 bridgehead atoms. The zero-order valence-corrected chi connectivity index (χ0v) is 12.6. The average Bonchev–Trinajstić information content (AvgIpc) is 3.20. The van der Waals surface area contributed by atoms with Gasteiger partial charge in [0.2, 0.25) is 10.0 Å². The summed E-state index contributed by atoms with van der Waals surface area (Å²) in [5, 5.41) is 2.86. The van der Waals surface area contributed by atoms with Crippen molar-refractivity contribution in [3.05, 3.63) is 29.3 Å². The van der Waals surface area contributed by atoms with E-state index < -0.39 is 10.0 Å². The van der Waals surface area contributed by atoms with E-state index in [1.54, 1.807) is 19.9 Å². The van der Waals surface area contributed by atoms with Crippen LogP contribution in [-0.4, -0.2) is 27.4 Å². The second-order valence-corrected chi connectivity index (χ2v) is 6.90. The first-order chi connectivity index (χ1) is 9.44. The number of benzene rings is 1. The highest BCUT2D eigenvalue weighted by atomic mass is 32.2. The van der Waals surface area contributed by atoms with Crippen molar-refractivity contribution in [3.63, 3.8) is 0 Å². The molecule has 0 radical (unpaired) electrons. The topological polar surface area (TPSA) is 75.3 Å². The predicted molar refractivity (Wildman–Crippen MR) is 77.1 cm³/mol. The fraction of sp³-hybridized carbons (Fsp3) is 0.500. The van der Waals surface area contributed by atoms with Crippen molar-refractivity contribution in [1.29, 1.82) is 0 Å². The minimum Gasteiger partial charge on any atom is -0.352 e. The molecule has 5 nitrogen and oxygen atoms in total. The lowest BCUT2D eigenvalue weighted by Crippen LogP contribution is -2.27. The molecular weight excluding hydrogens is 276 g/mol. The predicted octanol–water partition coefficient (Wildman–Crippen LogP) is 1.43. The van der Waals surface area contributed by atoms with Gasteiger partial charge in [0.25, 0.3) is 5.91 Å². The lowest BCUT2D eigenvalue weighted by atomic mass is 10.1. The van der Waals surface area contributed by atoms with Gasteiger partial charge in [-0.2, -0.15) is 0 Å². The van der Waals surface area contributed by atoms with Crippen LogP contribution in [-0.2, 0) is 10.0 Å². The number of carbonyl (C=O) groups excluding carboxylic acids is 1. The molecule has 0 heterocycles. The lowest BCUT2D eigenvalue weighted by Gasteiger charge is -2.10. The SMILES string of the molecule is CCNS(=O)(=O)c1ccc(C)c(C(=O)NCC2CC2)c1. The van der Waals surface area contributed by atoms with Crippen LogP contribution >= 0.6 is 0 Å². The van der Waals surface area contributed by atoms with Gasteiger partial charge >= 0.3 is 0 Å². The number of rotatable bonds is 6. The average molecular weight is 296 g/mol. The Morgan fingerprint density at radius 1 is 1.35 bits per heavy atom. The summed E-state index contributed by atoms with van der Waals surface area (Å²) in [5.74, 6) is 0.385. The van der Waals surface area contributed by atoms with Crippen molar-refractivity contribution >= 4 is 15.9 Å². The van der Waals surface area contributed by atoms with Crippen molar-refractivity contribution in [2.24, 2.45) is 5.92 Å². The lowest BCUT2D eigenvalue weighted by molar-refractivity contribution is 0.0951. The maximum Gasteiger partial charge on any atom is 0.251 e. The van der Waals surface area contributed by atoms with Gasteiger partial charge in [0.15, 0.2) is 0 Å². The van der Waals surface area contributed by atoms with Crippen molar-refractivity contribution < 1.29 is 13.2 Å². The maximum absolute atomic E-state index is 12.1. The number of hydrogen-bond donors (Lipinski definition) is 2. The van der Waals surface area contributed by atoms with E-state index in [4.69, 9.17) is 0 Å². The molecule has 1 fully saturated rings. The number of nitrogens with one attached hydrogen (secondary N) is 2. The van der Waals surface area contributed by atoms with Gasteiger partial charge in [-0.15, -0.1) is 0 Å². The van der Waals surface area contributed by atoms with Gasteiger partial charge in [-0.25, -0.2) is 13.1 Å². The summed E-state index contributed by atoms with van der Waals surface area (Å²) < 4.78 is 26.3. The summed E-state index contributed by atoms with van der Waals surface area (Å²) in [4.78, 5) is 12.2. The van der Waals surface area contributed by atoms with Gasteiger partial charge in [-0.05, 0) is 43.4 Å². The smallest absolute Gasteiger partial charge is 0.251 e. The zero-order chi connectivity index (χ0) is 14.8. The van der Waals surface area contributed by atoms with Gasteiger partial charge in [0.1, 0.15) is 0 Å². The van der Waals surface area contributed by atoms with Crippen molar-refractivity contribution in [1.82, 2.24) is 10.0 Å². The Bertz CT molecular complexity index is 607. The summed E-state index contributed by atoms with van der Waals surface area (Å²) >= 11 is 0. The van der Waals surface area contributed by atoms with E-state index in [1.807, 2.05) is 0 Å². The van der Waals surface area contributed by atoms with Crippen LogP contribution in [0.15, 0.2) is 23.1 Å². The van der Waals surface area contributed by atoms with E-state index >= 15 is 0 Å². The maximum atomic E-state index is 12.1. The molecular formula is C14H20N2O3S. The molecule has 0 aromatic heterocycles. The third-order valence-electron chi connectivity index (χ3n) is 3.35. The van der Waals surface area contributed by atoms with Crippen molar-refractivity contribution in [2.45, 2.75) is 31.6 Å². The molecule has 1 aromatic rings. The fourth-order valence-electron chi connectivity index (χ4n) is 1.94. The standard InChI is InChI=1S/C14H20N2O3S/c1-3-16-20(18,19)12-7-4-10(2)13(8-12)14(17)15-9-11-5-6-11/h4,7-8,11,16H,3,5-6,9H2,1-2H3,(H,15,17). The molecule has 1 saturated carbocycles. The van der Waals surface area contributed by atoms with E-state index in [9.17, 15) is 13.2 Å². The molecule has 110 valence electrons. The minimum atomic E-state index is -3.53. The number of amides is 1. The molecule has 0 unspecified atom stereocenters. The molecule has 1 aliphatic rings. The summed E-state index contributed by atoms with van der Waals surface area (Å²) in [6.45, 7) is 4.51. The van der Waals surface area contributed by atoms with E-state index in [1.165, 1.54) is 12.1 Å². The largest absolute Gasteiger partial charge is 0.352 e. The Kier molecular flexibility index (Phi) is 4.45. The highest BCUT2D eigenvalue weighted by Gasteiger charge is 2.23. The molecule has 0 saturated heterocycles. The fourth-order valence-corrected chi connectivity index (χ4v) is 3.01. The Labute approximate surface area is 119 Å². The zero-order valence-electron chi connectivity index (χ0n) is 11.8.